The van der Waals surface area contributed by atoms with E-state index in [1.165, 1.54) is 12.5 Å². The number of pyridine rings is 1. The molecule has 0 saturated carbocycles. The second kappa shape index (κ2) is 5.16. The molecule has 0 radical (unpaired) electrons. The summed E-state index contributed by atoms with van der Waals surface area (Å²) in [7, 11) is 0. The third kappa shape index (κ3) is 2.67. The summed E-state index contributed by atoms with van der Waals surface area (Å²) in [4.78, 5) is 15.2. The van der Waals surface area contributed by atoms with Crippen LogP contribution in [0.1, 0.15) is 38.1 Å². The van der Waals surface area contributed by atoms with Gasteiger partial charge in [0.1, 0.15) is 6.61 Å². The first-order valence-corrected chi connectivity index (χ1v) is 6.08. The zero-order valence-corrected chi connectivity index (χ0v) is 10.9. The molecule has 0 aromatic carbocycles. The molecule has 2 aromatic rings. The van der Waals surface area contributed by atoms with Crippen molar-refractivity contribution in [2.45, 2.75) is 33.1 Å². The van der Waals surface area contributed by atoms with Crippen LogP contribution >= 0.6 is 0 Å². The van der Waals surface area contributed by atoms with Crippen molar-refractivity contribution < 1.29 is 9.53 Å². The van der Waals surface area contributed by atoms with Crippen molar-refractivity contribution in [1.29, 1.82) is 0 Å². The van der Waals surface area contributed by atoms with E-state index in [0.717, 1.165) is 12.1 Å². The number of carbonyl (C=O) groups excluding carboxylic acids is 1. The van der Waals surface area contributed by atoms with Crippen LogP contribution in [0, 0.1) is 0 Å². The van der Waals surface area contributed by atoms with Gasteiger partial charge in [-0.25, -0.2) is 9.50 Å². The van der Waals surface area contributed by atoms with Gasteiger partial charge in [0.25, 0.3) is 0 Å². The fourth-order valence-electron chi connectivity index (χ4n) is 1.68. The highest BCUT2D eigenvalue weighted by atomic mass is 16.5. The predicted molar refractivity (Wildman–Crippen MR) is 67.4 cm³/mol. The monoisotopic (exact) mass is 247 g/mol. The maximum atomic E-state index is 10.8. The minimum Gasteiger partial charge on any atom is -0.465 e. The largest absolute Gasteiger partial charge is 0.465 e. The van der Waals surface area contributed by atoms with Gasteiger partial charge in [0, 0.05) is 13.1 Å². The lowest BCUT2D eigenvalue weighted by Crippen LogP contribution is -2.09. The first-order chi connectivity index (χ1) is 8.60. The Morgan fingerprint density at radius 3 is 2.94 bits per heavy atom. The Morgan fingerprint density at radius 1 is 1.50 bits per heavy atom. The van der Waals surface area contributed by atoms with Crippen LogP contribution in [0.3, 0.4) is 0 Å². The van der Waals surface area contributed by atoms with Gasteiger partial charge in [0.15, 0.2) is 11.5 Å². The van der Waals surface area contributed by atoms with E-state index in [4.69, 9.17) is 4.74 Å². The van der Waals surface area contributed by atoms with E-state index in [2.05, 4.69) is 17.0 Å². The van der Waals surface area contributed by atoms with Crippen molar-refractivity contribution >= 4 is 11.6 Å². The van der Waals surface area contributed by atoms with Crippen molar-refractivity contribution in [1.82, 2.24) is 14.6 Å². The Bertz CT molecular complexity index is 562. The number of carbonyl (C=O) groups is 1. The van der Waals surface area contributed by atoms with Gasteiger partial charge in [-0.15, -0.1) is 0 Å². The molecule has 1 atom stereocenters. The Balaban J connectivity index is 2.21. The summed E-state index contributed by atoms with van der Waals surface area (Å²) in [5.41, 5.74) is 2.03. The molecule has 0 spiro atoms. The van der Waals surface area contributed by atoms with E-state index >= 15 is 0 Å². The fraction of sp³-hybridized carbons (Fsp3) is 0.462. The molecule has 0 N–H and O–H groups in total. The zero-order chi connectivity index (χ0) is 13.1. The van der Waals surface area contributed by atoms with Crippen molar-refractivity contribution in [3.8, 4) is 0 Å². The van der Waals surface area contributed by atoms with E-state index in [1.807, 2.05) is 25.3 Å². The smallest absolute Gasteiger partial charge is 0.302 e. The highest BCUT2D eigenvalue weighted by Crippen LogP contribution is 2.13. The molecule has 2 rings (SSSR count). The Hall–Kier alpha value is -1.91. The van der Waals surface area contributed by atoms with Gasteiger partial charge in [-0.2, -0.15) is 5.10 Å². The summed E-state index contributed by atoms with van der Waals surface area (Å²) in [6, 6.07) is 4.00. The van der Waals surface area contributed by atoms with Crippen LogP contribution in [0.5, 0.6) is 0 Å². The molecule has 5 heteroatoms. The van der Waals surface area contributed by atoms with Crippen LogP contribution < -0.4 is 0 Å². The number of hydrogen-bond acceptors (Lipinski definition) is 4. The molecular weight excluding hydrogens is 230 g/mol. The van der Waals surface area contributed by atoms with Crippen molar-refractivity contribution in [2.24, 2.45) is 0 Å². The first-order valence-electron chi connectivity index (χ1n) is 6.08. The summed E-state index contributed by atoms with van der Waals surface area (Å²) in [5.74, 6) is 0.419. The van der Waals surface area contributed by atoms with Gasteiger partial charge < -0.3 is 4.74 Å². The van der Waals surface area contributed by atoms with Gasteiger partial charge in [-0.05, 0) is 18.1 Å². The topological polar surface area (TPSA) is 56.5 Å². The maximum Gasteiger partial charge on any atom is 0.302 e. The van der Waals surface area contributed by atoms with Gasteiger partial charge in [0.2, 0.25) is 0 Å². The van der Waals surface area contributed by atoms with Crippen LogP contribution in [0.2, 0.25) is 0 Å². The molecule has 1 unspecified atom stereocenters. The van der Waals surface area contributed by atoms with Gasteiger partial charge in [0.05, 0.1) is 5.92 Å². The fourth-order valence-corrected chi connectivity index (χ4v) is 1.68. The number of esters is 1. The number of aromatic nitrogens is 3. The average molecular weight is 247 g/mol. The van der Waals surface area contributed by atoms with Crippen molar-refractivity contribution in [3.05, 3.63) is 29.7 Å². The number of nitrogens with zero attached hydrogens (tertiary/aromatic N) is 3. The van der Waals surface area contributed by atoms with Crippen LogP contribution in [-0.2, 0) is 16.0 Å². The molecule has 96 valence electrons. The molecule has 0 amide bonds. The van der Waals surface area contributed by atoms with E-state index < -0.39 is 0 Å². The predicted octanol–water partition coefficient (Wildman–Crippen LogP) is 1.96. The summed E-state index contributed by atoms with van der Waals surface area (Å²) in [6.07, 6.45) is 2.94. The number of fused-ring (bicyclic) bond motifs is 1. The Labute approximate surface area is 106 Å². The molecule has 18 heavy (non-hydrogen) atoms. The molecule has 0 aliphatic heterocycles. The molecule has 0 aliphatic carbocycles. The standard InChI is InChI=1S/C13H17N3O2/c1-4-11-5-6-12-14-13(15-16(12)7-11)9(2)8-18-10(3)17/h5-7,9H,4,8H2,1-3H3. The summed E-state index contributed by atoms with van der Waals surface area (Å²) in [5, 5.41) is 4.41. The number of rotatable bonds is 4. The van der Waals surface area contributed by atoms with Crippen LogP contribution in [0.25, 0.3) is 5.65 Å². The summed E-state index contributed by atoms with van der Waals surface area (Å²) >= 11 is 0. The van der Waals surface area contributed by atoms with E-state index in [-0.39, 0.29) is 11.9 Å². The molecule has 0 bridgehead atoms. The molecule has 0 saturated heterocycles. The minimum absolute atomic E-state index is 0.00104. The number of hydrogen-bond donors (Lipinski definition) is 0. The number of ether oxygens (including phenoxy) is 1. The maximum absolute atomic E-state index is 10.8. The Morgan fingerprint density at radius 2 is 2.28 bits per heavy atom. The average Bonchev–Trinajstić information content (AvgIpc) is 2.78. The second-order valence-corrected chi connectivity index (χ2v) is 4.37. The SMILES string of the molecule is CCc1ccc2nc(C(C)COC(C)=O)nn2c1. The quantitative estimate of drug-likeness (QED) is 0.775. The Kier molecular flexibility index (Phi) is 3.60. The van der Waals surface area contributed by atoms with Crippen LogP contribution in [0.4, 0.5) is 0 Å². The highest BCUT2D eigenvalue weighted by Gasteiger charge is 2.13. The number of aryl methyl sites for hydroxylation is 1. The molecule has 2 aromatic heterocycles. The first kappa shape index (κ1) is 12.5. The van der Waals surface area contributed by atoms with E-state index in [1.54, 1.807) is 4.52 Å². The molecule has 0 fully saturated rings. The lowest BCUT2D eigenvalue weighted by Gasteiger charge is -2.06. The molecule has 0 aliphatic rings. The molecule has 5 nitrogen and oxygen atoms in total. The normalized spacial score (nSPS) is 12.6. The van der Waals surface area contributed by atoms with Crippen molar-refractivity contribution in [2.75, 3.05) is 6.61 Å². The lowest BCUT2D eigenvalue weighted by molar-refractivity contribution is -0.141. The molecule has 2 heterocycles. The van der Waals surface area contributed by atoms with Gasteiger partial charge >= 0.3 is 5.97 Å². The third-order valence-corrected chi connectivity index (χ3v) is 2.79. The van der Waals surface area contributed by atoms with E-state index in [9.17, 15) is 4.79 Å². The summed E-state index contributed by atoms with van der Waals surface area (Å²) in [6.45, 7) is 5.75. The van der Waals surface area contributed by atoms with Crippen LogP contribution in [0.15, 0.2) is 18.3 Å². The van der Waals surface area contributed by atoms with E-state index in [0.29, 0.717) is 12.4 Å². The molecular formula is C13H17N3O2. The third-order valence-electron chi connectivity index (χ3n) is 2.79. The highest BCUT2D eigenvalue weighted by molar-refractivity contribution is 5.65. The van der Waals surface area contributed by atoms with Gasteiger partial charge in [-0.1, -0.05) is 19.9 Å². The van der Waals surface area contributed by atoms with Gasteiger partial charge in [-0.3, -0.25) is 4.79 Å². The second-order valence-electron chi connectivity index (χ2n) is 4.37. The minimum atomic E-state index is -0.279. The van der Waals surface area contributed by atoms with Crippen molar-refractivity contribution in [3.63, 3.8) is 0 Å². The summed E-state index contributed by atoms with van der Waals surface area (Å²) < 4.78 is 6.75. The lowest BCUT2D eigenvalue weighted by atomic mass is 10.2. The van der Waals surface area contributed by atoms with Crippen LogP contribution in [-0.4, -0.2) is 27.2 Å². The zero-order valence-electron chi connectivity index (χ0n) is 10.9.